The van der Waals surface area contributed by atoms with E-state index in [9.17, 15) is 8.42 Å². The number of hydrogen-bond donors (Lipinski definition) is 0. The van der Waals surface area contributed by atoms with E-state index in [1.807, 2.05) is 0 Å². The van der Waals surface area contributed by atoms with Gasteiger partial charge in [-0.1, -0.05) is 12.2 Å². The predicted molar refractivity (Wildman–Crippen MR) is 30.7 cm³/mol. The summed E-state index contributed by atoms with van der Waals surface area (Å²) in [4.78, 5) is 0. The van der Waals surface area contributed by atoms with Crippen LogP contribution in [0.4, 0.5) is 0 Å². The third-order valence-corrected chi connectivity index (χ3v) is 1.93. The molecule has 0 saturated heterocycles. The first kappa shape index (κ1) is 5.56. The molecule has 1 heterocycles. The first-order chi connectivity index (χ1) is 3.71. The maximum Gasteiger partial charge on any atom is 0.175 e. The van der Waals surface area contributed by atoms with E-state index in [-0.39, 0.29) is 5.75 Å². The second kappa shape index (κ2) is 1.74. The lowest BCUT2D eigenvalue weighted by Gasteiger charge is -1.93. The standard InChI is InChI=1S/C5H5O2S/c6-8(7)4-2-1-3-5-8/h1-2,4H,5H2. The van der Waals surface area contributed by atoms with Gasteiger partial charge in [0.15, 0.2) is 9.84 Å². The van der Waals surface area contributed by atoms with Crippen LogP contribution in [0.5, 0.6) is 0 Å². The molecule has 0 aliphatic carbocycles. The fourth-order valence-electron chi connectivity index (χ4n) is 0.439. The van der Waals surface area contributed by atoms with Crippen molar-refractivity contribution in [3.8, 4) is 0 Å². The van der Waals surface area contributed by atoms with Gasteiger partial charge in [-0.15, -0.1) is 0 Å². The minimum Gasteiger partial charge on any atom is -0.224 e. The first-order valence-corrected chi connectivity index (χ1v) is 3.88. The maximum absolute atomic E-state index is 10.5. The second-order valence-electron chi connectivity index (χ2n) is 1.51. The first-order valence-electron chi connectivity index (χ1n) is 2.17. The highest BCUT2D eigenvalue weighted by Crippen LogP contribution is 1.97. The summed E-state index contributed by atoms with van der Waals surface area (Å²) in [6.07, 6.45) is 5.64. The monoisotopic (exact) mass is 129 g/mol. The molecular weight excluding hydrogens is 124 g/mol. The molecule has 0 saturated carbocycles. The second-order valence-corrected chi connectivity index (χ2v) is 3.39. The van der Waals surface area contributed by atoms with Gasteiger partial charge in [0.1, 0.15) is 0 Å². The molecule has 3 heteroatoms. The van der Waals surface area contributed by atoms with Gasteiger partial charge in [0.25, 0.3) is 0 Å². The third-order valence-electron chi connectivity index (χ3n) is 0.784. The highest BCUT2D eigenvalue weighted by Gasteiger charge is 2.03. The zero-order valence-corrected chi connectivity index (χ0v) is 4.98. The molecule has 0 bridgehead atoms. The van der Waals surface area contributed by atoms with Gasteiger partial charge in [0.2, 0.25) is 0 Å². The molecule has 1 aliphatic heterocycles. The molecule has 2 nitrogen and oxygen atoms in total. The van der Waals surface area contributed by atoms with E-state index in [1.165, 1.54) is 11.5 Å². The van der Waals surface area contributed by atoms with Crippen molar-refractivity contribution in [2.45, 2.75) is 0 Å². The molecule has 0 N–H and O–H groups in total. The minimum absolute atomic E-state index is 0.0312. The van der Waals surface area contributed by atoms with Gasteiger partial charge in [-0.05, 0) is 6.08 Å². The van der Waals surface area contributed by atoms with Gasteiger partial charge in [-0.3, -0.25) is 0 Å². The summed E-state index contributed by atoms with van der Waals surface area (Å²) in [6.45, 7) is 0. The van der Waals surface area contributed by atoms with Crippen LogP contribution in [-0.2, 0) is 9.84 Å². The Labute approximate surface area is 48.4 Å². The largest absolute Gasteiger partial charge is 0.224 e. The zero-order valence-electron chi connectivity index (χ0n) is 4.16. The van der Waals surface area contributed by atoms with Crippen LogP contribution in [0.1, 0.15) is 0 Å². The fraction of sp³-hybridized carbons (Fsp3) is 0.200. The normalized spacial score (nSPS) is 23.5. The zero-order chi connectivity index (χ0) is 6.04. The van der Waals surface area contributed by atoms with Crippen LogP contribution in [0.25, 0.3) is 0 Å². The van der Waals surface area contributed by atoms with Crippen molar-refractivity contribution in [3.05, 3.63) is 23.6 Å². The lowest BCUT2D eigenvalue weighted by Crippen LogP contribution is -2.01. The van der Waals surface area contributed by atoms with Crippen molar-refractivity contribution >= 4 is 9.84 Å². The third kappa shape index (κ3) is 1.20. The average molecular weight is 129 g/mol. The van der Waals surface area contributed by atoms with Crippen molar-refractivity contribution < 1.29 is 8.42 Å². The Bertz CT molecular complexity index is 221. The molecule has 1 aliphatic rings. The summed E-state index contributed by atoms with van der Waals surface area (Å²) in [5.41, 5.74) is 0. The Morgan fingerprint density at radius 2 is 2.25 bits per heavy atom. The maximum atomic E-state index is 10.5. The number of allylic oxidation sites excluding steroid dienone is 2. The molecule has 0 fully saturated rings. The quantitative estimate of drug-likeness (QED) is 0.471. The Kier molecular flexibility index (Phi) is 1.21. The molecular formula is C5H5O2S. The molecule has 43 valence electrons. The summed E-state index contributed by atoms with van der Waals surface area (Å²) < 4.78 is 21.0. The van der Waals surface area contributed by atoms with Crippen molar-refractivity contribution in [3.63, 3.8) is 0 Å². The van der Waals surface area contributed by atoms with E-state index >= 15 is 0 Å². The van der Waals surface area contributed by atoms with E-state index in [4.69, 9.17) is 0 Å². The van der Waals surface area contributed by atoms with Gasteiger partial charge in [0, 0.05) is 5.41 Å². The lowest BCUT2D eigenvalue weighted by molar-refractivity contribution is 0.606. The Morgan fingerprint density at radius 3 is 2.50 bits per heavy atom. The Balaban J connectivity index is 2.98. The van der Waals surface area contributed by atoms with E-state index in [0.717, 1.165) is 0 Å². The van der Waals surface area contributed by atoms with Gasteiger partial charge in [-0.25, -0.2) is 8.42 Å². The molecule has 0 amide bonds. The SMILES string of the molecule is O=S1(=O)C=CC=[C]C1. The molecule has 0 unspecified atom stereocenters. The lowest BCUT2D eigenvalue weighted by atomic mass is 10.5. The van der Waals surface area contributed by atoms with E-state index in [1.54, 1.807) is 6.08 Å². The predicted octanol–water partition coefficient (Wildman–Crippen LogP) is 0.288. The van der Waals surface area contributed by atoms with Crippen LogP contribution in [0, 0.1) is 6.08 Å². The van der Waals surface area contributed by atoms with E-state index < -0.39 is 9.84 Å². The number of rotatable bonds is 0. The summed E-state index contributed by atoms with van der Waals surface area (Å²) in [5, 5.41) is 1.18. The molecule has 1 radical (unpaired) electrons. The van der Waals surface area contributed by atoms with Crippen LogP contribution in [0.2, 0.25) is 0 Å². The highest BCUT2D eigenvalue weighted by atomic mass is 32.2. The van der Waals surface area contributed by atoms with Gasteiger partial charge in [-0.2, -0.15) is 0 Å². The van der Waals surface area contributed by atoms with Gasteiger partial charge in [0.05, 0.1) is 5.75 Å². The smallest absolute Gasteiger partial charge is 0.175 e. The van der Waals surface area contributed by atoms with Crippen LogP contribution >= 0.6 is 0 Å². The highest BCUT2D eigenvalue weighted by molar-refractivity contribution is 7.94. The van der Waals surface area contributed by atoms with E-state index in [2.05, 4.69) is 6.08 Å². The molecule has 0 aromatic carbocycles. The van der Waals surface area contributed by atoms with Crippen LogP contribution in [0.3, 0.4) is 0 Å². The van der Waals surface area contributed by atoms with Gasteiger partial charge >= 0.3 is 0 Å². The fourth-order valence-corrected chi connectivity index (χ4v) is 1.18. The molecule has 0 aromatic heterocycles. The minimum atomic E-state index is -2.91. The summed E-state index contributed by atoms with van der Waals surface area (Å²) in [7, 11) is -2.91. The van der Waals surface area contributed by atoms with Crippen LogP contribution in [0.15, 0.2) is 17.6 Å². The van der Waals surface area contributed by atoms with E-state index in [0.29, 0.717) is 0 Å². The topological polar surface area (TPSA) is 34.1 Å². The number of sulfone groups is 1. The Morgan fingerprint density at radius 1 is 1.50 bits per heavy atom. The summed E-state index contributed by atoms with van der Waals surface area (Å²) in [5.74, 6) is 0.0312. The van der Waals surface area contributed by atoms with Crippen molar-refractivity contribution in [2.75, 3.05) is 5.75 Å². The van der Waals surface area contributed by atoms with Crippen LogP contribution in [-0.4, -0.2) is 14.2 Å². The molecule has 1 rings (SSSR count). The van der Waals surface area contributed by atoms with Crippen LogP contribution < -0.4 is 0 Å². The van der Waals surface area contributed by atoms with Crippen molar-refractivity contribution in [1.82, 2.24) is 0 Å². The average Bonchev–Trinajstić information content (AvgIpc) is 1.65. The Hall–Kier alpha value is -0.570. The van der Waals surface area contributed by atoms with Gasteiger partial charge < -0.3 is 0 Å². The molecule has 0 atom stereocenters. The molecule has 8 heavy (non-hydrogen) atoms. The summed E-state index contributed by atoms with van der Waals surface area (Å²) in [6, 6.07) is 0. The molecule has 0 aromatic rings. The summed E-state index contributed by atoms with van der Waals surface area (Å²) >= 11 is 0. The van der Waals surface area contributed by atoms with Crippen molar-refractivity contribution in [2.24, 2.45) is 0 Å². The molecule has 0 spiro atoms. The number of hydrogen-bond acceptors (Lipinski definition) is 2. The van der Waals surface area contributed by atoms with Crippen molar-refractivity contribution in [1.29, 1.82) is 0 Å².